The van der Waals surface area contributed by atoms with Gasteiger partial charge in [-0.25, -0.2) is 5.10 Å². The van der Waals surface area contributed by atoms with Gasteiger partial charge in [-0.05, 0) is 30.7 Å². The van der Waals surface area contributed by atoms with E-state index in [4.69, 9.17) is 4.74 Å². The molecule has 150 valence electrons. The van der Waals surface area contributed by atoms with E-state index in [2.05, 4.69) is 27.2 Å². The van der Waals surface area contributed by atoms with Gasteiger partial charge in [0.1, 0.15) is 5.75 Å². The second-order valence-corrected chi connectivity index (χ2v) is 7.09. The summed E-state index contributed by atoms with van der Waals surface area (Å²) in [5.74, 6) is 0.741. The molecule has 2 heterocycles. The highest BCUT2D eigenvalue weighted by molar-refractivity contribution is 6.04. The number of H-pyrrole nitrogens is 1. The first-order valence-corrected chi connectivity index (χ1v) is 9.86. The molecule has 0 bridgehead atoms. The second kappa shape index (κ2) is 8.45. The first kappa shape index (κ1) is 19.1. The minimum Gasteiger partial charge on any atom is -0.494 e. The van der Waals surface area contributed by atoms with E-state index < -0.39 is 0 Å². The molecule has 3 aromatic rings. The smallest absolute Gasteiger partial charge is 0.275 e. The first-order valence-electron chi connectivity index (χ1n) is 9.86. The van der Waals surface area contributed by atoms with Gasteiger partial charge < -0.3 is 9.64 Å². The quantitative estimate of drug-likeness (QED) is 0.721. The lowest BCUT2D eigenvalue weighted by molar-refractivity contribution is 0.0623. The maximum absolute atomic E-state index is 13.0. The summed E-state index contributed by atoms with van der Waals surface area (Å²) in [5.41, 5.74) is 1.25. The number of hydrogen-bond donors (Lipinski definition) is 1. The van der Waals surface area contributed by atoms with E-state index in [0.717, 1.165) is 25.4 Å². The molecule has 4 rings (SSSR count). The molecule has 0 spiro atoms. The van der Waals surface area contributed by atoms with Crippen LogP contribution in [0.4, 0.5) is 0 Å². The standard InChI is InChI=1S/C22H24N4O3/c1-2-29-17-9-7-16(8-10-17)15-25-11-13-26(14-12-25)22(28)20-18-5-3-4-6-19(18)21(27)24-23-20/h3-10H,2,11-15H2,1H3,(H,24,27). The third-order valence-corrected chi connectivity index (χ3v) is 5.20. The van der Waals surface area contributed by atoms with Crippen molar-refractivity contribution < 1.29 is 9.53 Å². The number of amides is 1. The molecule has 1 N–H and O–H groups in total. The minimum absolute atomic E-state index is 0.141. The van der Waals surface area contributed by atoms with Crippen molar-refractivity contribution in [2.45, 2.75) is 13.5 Å². The van der Waals surface area contributed by atoms with Crippen LogP contribution in [0.5, 0.6) is 5.75 Å². The van der Waals surface area contributed by atoms with Gasteiger partial charge in [-0.1, -0.05) is 30.3 Å². The second-order valence-electron chi connectivity index (χ2n) is 7.09. The highest BCUT2D eigenvalue weighted by Gasteiger charge is 2.25. The predicted octanol–water partition coefficient (Wildman–Crippen LogP) is 2.28. The zero-order chi connectivity index (χ0) is 20.2. The lowest BCUT2D eigenvalue weighted by atomic mass is 10.1. The molecule has 0 atom stereocenters. The Morgan fingerprint density at radius 2 is 1.72 bits per heavy atom. The Labute approximate surface area is 168 Å². The Hall–Kier alpha value is -3.19. The topological polar surface area (TPSA) is 78.5 Å². The summed E-state index contributed by atoms with van der Waals surface area (Å²) in [5, 5.41) is 7.56. The molecule has 0 radical (unpaired) electrons. The van der Waals surface area contributed by atoms with Gasteiger partial charge in [0.2, 0.25) is 0 Å². The highest BCUT2D eigenvalue weighted by Crippen LogP contribution is 2.17. The summed E-state index contributed by atoms with van der Waals surface area (Å²) in [6, 6.07) is 15.2. The van der Waals surface area contributed by atoms with E-state index >= 15 is 0 Å². The number of aromatic amines is 1. The summed E-state index contributed by atoms with van der Waals surface area (Å²) in [7, 11) is 0. The summed E-state index contributed by atoms with van der Waals surface area (Å²) < 4.78 is 5.49. The Morgan fingerprint density at radius 3 is 2.41 bits per heavy atom. The van der Waals surface area contributed by atoms with E-state index in [9.17, 15) is 9.59 Å². The van der Waals surface area contributed by atoms with Crippen molar-refractivity contribution in [2.24, 2.45) is 0 Å². The normalized spacial score (nSPS) is 14.9. The number of piperazine rings is 1. The fourth-order valence-corrected chi connectivity index (χ4v) is 3.65. The van der Waals surface area contributed by atoms with Gasteiger partial charge in [0, 0.05) is 38.1 Å². The van der Waals surface area contributed by atoms with Crippen LogP contribution in [0, 0.1) is 0 Å². The molecule has 1 aromatic heterocycles. The van der Waals surface area contributed by atoms with Crippen molar-refractivity contribution in [1.82, 2.24) is 20.0 Å². The fourth-order valence-electron chi connectivity index (χ4n) is 3.65. The first-order chi connectivity index (χ1) is 14.2. The third kappa shape index (κ3) is 4.14. The monoisotopic (exact) mass is 392 g/mol. The number of nitrogens with one attached hydrogen (secondary N) is 1. The van der Waals surface area contributed by atoms with E-state index in [1.807, 2.05) is 30.0 Å². The third-order valence-electron chi connectivity index (χ3n) is 5.20. The average molecular weight is 392 g/mol. The molecule has 1 saturated heterocycles. The molecule has 29 heavy (non-hydrogen) atoms. The lowest BCUT2D eigenvalue weighted by Crippen LogP contribution is -2.48. The Balaban J connectivity index is 1.40. The lowest BCUT2D eigenvalue weighted by Gasteiger charge is -2.34. The van der Waals surface area contributed by atoms with Crippen LogP contribution in [0.3, 0.4) is 0 Å². The van der Waals surface area contributed by atoms with Gasteiger partial charge >= 0.3 is 0 Å². The van der Waals surface area contributed by atoms with Crippen LogP contribution >= 0.6 is 0 Å². The summed E-state index contributed by atoms with van der Waals surface area (Å²) >= 11 is 0. The van der Waals surface area contributed by atoms with Gasteiger partial charge in [-0.3, -0.25) is 14.5 Å². The molecule has 7 heteroatoms. The van der Waals surface area contributed by atoms with Crippen molar-refractivity contribution >= 4 is 16.7 Å². The molecule has 0 saturated carbocycles. The molecule has 2 aromatic carbocycles. The van der Waals surface area contributed by atoms with Crippen molar-refractivity contribution in [2.75, 3.05) is 32.8 Å². The number of benzene rings is 2. The van der Waals surface area contributed by atoms with Crippen LogP contribution in [-0.4, -0.2) is 58.7 Å². The van der Waals surface area contributed by atoms with Gasteiger partial charge in [0.25, 0.3) is 11.5 Å². The number of hydrogen-bond acceptors (Lipinski definition) is 5. The Bertz CT molecular complexity index is 1050. The van der Waals surface area contributed by atoms with Crippen molar-refractivity contribution in [1.29, 1.82) is 0 Å². The van der Waals surface area contributed by atoms with Crippen molar-refractivity contribution in [3.63, 3.8) is 0 Å². The average Bonchev–Trinajstić information content (AvgIpc) is 2.76. The molecule has 1 aliphatic rings. The Morgan fingerprint density at radius 1 is 1.03 bits per heavy atom. The number of rotatable bonds is 5. The van der Waals surface area contributed by atoms with Crippen LogP contribution < -0.4 is 10.3 Å². The molecule has 1 aliphatic heterocycles. The molecular weight excluding hydrogens is 368 g/mol. The molecule has 0 unspecified atom stereocenters. The minimum atomic E-state index is -0.280. The predicted molar refractivity (Wildman–Crippen MR) is 111 cm³/mol. The van der Waals surface area contributed by atoms with E-state index in [1.54, 1.807) is 18.2 Å². The summed E-state index contributed by atoms with van der Waals surface area (Å²) in [6.07, 6.45) is 0. The zero-order valence-corrected chi connectivity index (χ0v) is 16.4. The van der Waals surface area contributed by atoms with Crippen molar-refractivity contribution in [3.05, 3.63) is 70.1 Å². The number of fused-ring (bicyclic) bond motifs is 1. The SMILES string of the molecule is CCOc1ccc(CN2CCN(C(=O)c3n[nH]c(=O)c4ccccc34)CC2)cc1. The number of carbonyl (C=O) groups is 1. The number of ether oxygens (including phenoxy) is 1. The van der Waals surface area contributed by atoms with Crippen LogP contribution in [0.15, 0.2) is 53.3 Å². The maximum atomic E-state index is 13.0. The molecule has 1 fully saturated rings. The largest absolute Gasteiger partial charge is 0.494 e. The summed E-state index contributed by atoms with van der Waals surface area (Å²) in [6.45, 7) is 6.32. The van der Waals surface area contributed by atoms with Crippen LogP contribution in [-0.2, 0) is 6.54 Å². The van der Waals surface area contributed by atoms with Gasteiger partial charge in [0.15, 0.2) is 5.69 Å². The van der Waals surface area contributed by atoms with E-state index in [1.165, 1.54) is 5.56 Å². The fraction of sp³-hybridized carbons (Fsp3) is 0.318. The summed E-state index contributed by atoms with van der Waals surface area (Å²) in [4.78, 5) is 29.1. The van der Waals surface area contributed by atoms with Crippen molar-refractivity contribution in [3.8, 4) is 5.75 Å². The molecule has 7 nitrogen and oxygen atoms in total. The van der Waals surface area contributed by atoms with Gasteiger partial charge in [-0.2, -0.15) is 5.10 Å². The number of aromatic nitrogens is 2. The Kier molecular flexibility index (Phi) is 5.57. The number of nitrogens with zero attached hydrogens (tertiary/aromatic N) is 3. The van der Waals surface area contributed by atoms with E-state index in [-0.39, 0.29) is 11.5 Å². The molecular formula is C22H24N4O3. The molecule has 1 amide bonds. The van der Waals surface area contributed by atoms with Crippen LogP contribution in [0.1, 0.15) is 23.0 Å². The highest BCUT2D eigenvalue weighted by atomic mass is 16.5. The molecule has 0 aliphatic carbocycles. The maximum Gasteiger partial charge on any atom is 0.275 e. The van der Waals surface area contributed by atoms with Gasteiger partial charge in [-0.15, -0.1) is 0 Å². The van der Waals surface area contributed by atoms with E-state index in [0.29, 0.717) is 36.2 Å². The number of carbonyl (C=O) groups excluding carboxylic acids is 1. The van der Waals surface area contributed by atoms with Crippen LogP contribution in [0.2, 0.25) is 0 Å². The zero-order valence-electron chi connectivity index (χ0n) is 16.4. The van der Waals surface area contributed by atoms with Gasteiger partial charge in [0.05, 0.1) is 12.0 Å². The van der Waals surface area contributed by atoms with Crippen LogP contribution in [0.25, 0.3) is 10.8 Å².